The standard InChI is InChI=1S/C25H28F2N4O3/c1-16(33)31-11-10-22(21(14-31)17-6-4-3-5-7-17)29-13-20-12-18(8-9-19(20)15-32)23(28)30-24(34)25(2,26)27/h3-9,12,15,21-22,29H,10-11,13-14H2,1-2H3,(H2,28,30,34). The molecule has 0 aliphatic carbocycles. The highest BCUT2D eigenvalue weighted by Gasteiger charge is 2.33. The number of benzene rings is 2. The van der Waals surface area contributed by atoms with Gasteiger partial charge in [0.2, 0.25) is 5.91 Å². The molecule has 3 N–H and O–H groups in total. The van der Waals surface area contributed by atoms with E-state index in [1.807, 2.05) is 40.5 Å². The van der Waals surface area contributed by atoms with Crippen molar-refractivity contribution < 1.29 is 23.2 Å². The Balaban J connectivity index is 1.78. The Kier molecular flexibility index (Phi) is 7.88. The largest absolute Gasteiger partial charge is 0.342 e. The first kappa shape index (κ1) is 25.2. The summed E-state index contributed by atoms with van der Waals surface area (Å²) in [6, 6.07) is 14.4. The van der Waals surface area contributed by atoms with E-state index >= 15 is 0 Å². The fourth-order valence-electron chi connectivity index (χ4n) is 4.09. The second kappa shape index (κ2) is 10.6. The maximum atomic E-state index is 13.2. The van der Waals surface area contributed by atoms with E-state index < -0.39 is 17.7 Å². The van der Waals surface area contributed by atoms with Gasteiger partial charge in [-0.05, 0) is 23.6 Å². The van der Waals surface area contributed by atoms with Crippen LogP contribution in [0.25, 0.3) is 0 Å². The molecule has 1 fully saturated rings. The van der Waals surface area contributed by atoms with E-state index in [2.05, 4.69) is 5.32 Å². The predicted octanol–water partition coefficient (Wildman–Crippen LogP) is 3.09. The Morgan fingerprint density at radius 3 is 2.53 bits per heavy atom. The van der Waals surface area contributed by atoms with E-state index in [0.29, 0.717) is 50.4 Å². The summed E-state index contributed by atoms with van der Waals surface area (Å²) in [6.07, 6.45) is 1.41. The van der Waals surface area contributed by atoms with Crippen LogP contribution in [0.3, 0.4) is 0 Å². The first-order valence-corrected chi connectivity index (χ1v) is 11.0. The van der Waals surface area contributed by atoms with Crippen LogP contribution in [0, 0.1) is 5.41 Å². The number of piperidine rings is 1. The Labute approximate surface area is 197 Å². The number of amides is 2. The van der Waals surface area contributed by atoms with E-state index in [1.54, 1.807) is 6.92 Å². The zero-order chi connectivity index (χ0) is 24.9. The number of rotatable bonds is 7. The molecule has 0 spiro atoms. The van der Waals surface area contributed by atoms with Crippen LogP contribution in [0.1, 0.15) is 53.2 Å². The average molecular weight is 471 g/mol. The third kappa shape index (κ3) is 6.11. The fraction of sp³-hybridized carbons (Fsp3) is 0.360. The minimum absolute atomic E-state index is 0.0218. The van der Waals surface area contributed by atoms with Gasteiger partial charge in [-0.1, -0.05) is 42.5 Å². The molecule has 2 unspecified atom stereocenters. The summed E-state index contributed by atoms with van der Waals surface area (Å²) < 4.78 is 26.4. The van der Waals surface area contributed by atoms with E-state index in [0.717, 1.165) is 5.56 Å². The quantitative estimate of drug-likeness (QED) is 0.329. The van der Waals surface area contributed by atoms with Crippen LogP contribution >= 0.6 is 0 Å². The molecule has 1 aliphatic rings. The molecule has 9 heteroatoms. The molecule has 2 aromatic rings. The number of carbonyl (C=O) groups is 3. The van der Waals surface area contributed by atoms with Crippen molar-refractivity contribution in [3.8, 4) is 0 Å². The zero-order valence-electron chi connectivity index (χ0n) is 19.1. The number of hydrogen-bond acceptors (Lipinski definition) is 5. The topological polar surface area (TPSA) is 102 Å². The molecule has 2 amide bonds. The highest BCUT2D eigenvalue weighted by molar-refractivity contribution is 6.08. The highest BCUT2D eigenvalue weighted by Crippen LogP contribution is 2.28. The number of nitrogens with zero attached hydrogens (tertiary/aromatic N) is 1. The Bertz CT molecular complexity index is 1070. The molecule has 0 radical (unpaired) electrons. The van der Waals surface area contributed by atoms with Gasteiger partial charge in [0.05, 0.1) is 0 Å². The second-order valence-corrected chi connectivity index (χ2v) is 8.51. The lowest BCUT2D eigenvalue weighted by atomic mass is 9.85. The van der Waals surface area contributed by atoms with Crippen molar-refractivity contribution >= 4 is 23.9 Å². The zero-order valence-corrected chi connectivity index (χ0v) is 19.1. The molecule has 2 aromatic carbocycles. The van der Waals surface area contributed by atoms with Gasteiger partial charge in [0.15, 0.2) is 0 Å². The summed E-state index contributed by atoms with van der Waals surface area (Å²) in [7, 11) is 0. The van der Waals surface area contributed by atoms with E-state index in [9.17, 15) is 23.2 Å². The minimum Gasteiger partial charge on any atom is -0.342 e. The summed E-state index contributed by atoms with van der Waals surface area (Å²) in [5.41, 5.74) is 2.29. The monoisotopic (exact) mass is 470 g/mol. The van der Waals surface area contributed by atoms with Crippen molar-refractivity contribution in [2.75, 3.05) is 13.1 Å². The van der Waals surface area contributed by atoms with Crippen molar-refractivity contribution in [3.63, 3.8) is 0 Å². The molecule has 2 atom stereocenters. The summed E-state index contributed by atoms with van der Waals surface area (Å²) in [4.78, 5) is 36.9. The molecule has 0 bridgehead atoms. The van der Waals surface area contributed by atoms with Gasteiger partial charge < -0.3 is 15.5 Å². The normalized spacial score (nSPS) is 18.3. The summed E-state index contributed by atoms with van der Waals surface area (Å²) in [6.45, 7) is 3.49. The number of hydrogen-bond donors (Lipinski definition) is 3. The van der Waals surface area contributed by atoms with Gasteiger partial charge in [-0.3, -0.25) is 19.8 Å². The second-order valence-electron chi connectivity index (χ2n) is 8.51. The maximum Gasteiger partial charge on any atom is 0.322 e. The molecule has 1 heterocycles. The molecule has 0 aromatic heterocycles. The van der Waals surface area contributed by atoms with Gasteiger partial charge in [0.25, 0.3) is 5.91 Å². The summed E-state index contributed by atoms with van der Waals surface area (Å²) in [5.74, 6) is -5.58. The molecular formula is C25H28F2N4O3. The Hall–Kier alpha value is -3.46. The molecule has 180 valence electrons. The van der Waals surface area contributed by atoms with Crippen LogP contribution in [0.15, 0.2) is 48.5 Å². The van der Waals surface area contributed by atoms with Gasteiger partial charge >= 0.3 is 5.92 Å². The molecule has 1 aliphatic heterocycles. The van der Waals surface area contributed by atoms with Crippen LogP contribution in [0.5, 0.6) is 0 Å². The molecular weight excluding hydrogens is 442 g/mol. The smallest absolute Gasteiger partial charge is 0.322 e. The van der Waals surface area contributed by atoms with Gasteiger partial charge in [-0.15, -0.1) is 0 Å². The van der Waals surface area contributed by atoms with E-state index in [-0.39, 0.29) is 23.4 Å². The van der Waals surface area contributed by atoms with Crippen LogP contribution < -0.4 is 10.6 Å². The highest BCUT2D eigenvalue weighted by atomic mass is 19.3. The van der Waals surface area contributed by atoms with Crippen molar-refractivity contribution in [2.24, 2.45) is 0 Å². The lowest BCUT2D eigenvalue weighted by molar-refractivity contribution is -0.141. The third-order valence-electron chi connectivity index (χ3n) is 6.04. The molecule has 0 saturated carbocycles. The number of halogens is 2. The van der Waals surface area contributed by atoms with Gasteiger partial charge in [-0.25, -0.2) is 0 Å². The van der Waals surface area contributed by atoms with Crippen molar-refractivity contribution in [3.05, 3.63) is 70.8 Å². The Morgan fingerprint density at radius 2 is 1.91 bits per heavy atom. The van der Waals surface area contributed by atoms with E-state index in [1.165, 1.54) is 18.2 Å². The van der Waals surface area contributed by atoms with Crippen molar-refractivity contribution in [2.45, 2.75) is 44.7 Å². The summed E-state index contributed by atoms with van der Waals surface area (Å²) in [5, 5.41) is 13.4. The number of carbonyl (C=O) groups excluding carboxylic acids is 3. The predicted molar refractivity (Wildman–Crippen MR) is 124 cm³/mol. The SMILES string of the molecule is CC(=O)N1CCC(NCc2cc(C(=N)NC(=O)C(C)(F)F)ccc2C=O)C(c2ccccc2)C1. The van der Waals surface area contributed by atoms with Crippen molar-refractivity contribution in [1.29, 1.82) is 5.41 Å². The third-order valence-corrected chi connectivity index (χ3v) is 6.04. The molecule has 7 nitrogen and oxygen atoms in total. The number of likely N-dealkylation sites (tertiary alicyclic amines) is 1. The first-order chi connectivity index (χ1) is 16.1. The molecule has 1 saturated heterocycles. The van der Waals surface area contributed by atoms with Gasteiger partial charge in [-0.2, -0.15) is 8.78 Å². The van der Waals surface area contributed by atoms with Crippen LogP contribution in [-0.2, 0) is 16.1 Å². The van der Waals surface area contributed by atoms with Crippen molar-refractivity contribution in [1.82, 2.24) is 15.5 Å². The number of amidine groups is 1. The van der Waals surface area contributed by atoms with Crippen LogP contribution in [-0.4, -0.2) is 53.9 Å². The Morgan fingerprint density at radius 1 is 1.21 bits per heavy atom. The lowest BCUT2D eigenvalue weighted by Gasteiger charge is -2.39. The minimum atomic E-state index is -3.61. The number of aldehydes is 1. The maximum absolute atomic E-state index is 13.2. The number of nitrogens with one attached hydrogen (secondary N) is 3. The number of alkyl halides is 2. The van der Waals surface area contributed by atoms with Gasteiger partial charge in [0, 0.05) is 56.6 Å². The summed E-state index contributed by atoms with van der Waals surface area (Å²) >= 11 is 0. The fourth-order valence-corrected chi connectivity index (χ4v) is 4.09. The van der Waals surface area contributed by atoms with Crippen LogP contribution in [0.4, 0.5) is 8.78 Å². The van der Waals surface area contributed by atoms with E-state index in [4.69, 9.17) is 5.41 Å². The van der Waals surface area contributed by atoms with Crippen LogP contribution in [0.2, 0.25) is 0 Å². The molecule has 34 heavy (non-hydrogen) atoms. The lowest BCUT2D eigenvalue weighted by Crippen LogP contribution is -2.49. The molecule has 3 rings (SSSR count). The first-order valence-electron chi connectivity index (χ1n) is 11.0. The average Bonchev–Trinajstić information content (AvgIpc) is 2.82. The van der Waals surface area contributed by atoms with Gasteiger partial charge in [0.1, 0.15) is 12.1 Å².